The lowest BCUT2D eigenvalue weighted by Gasteiger charge is -2.15. The smallest absolute Gasteiger partial charge is 0.0835 e. The maximum absolute atomic E-state index is 5.57. The lowest BCUT2D eigenvalue weighted by atomic mass is 10.2. The van der Waals surface area contributed by atoms with Crippen LogP contribution in [0.25, 0.3) is 0 Å². The van der Waals surface area contributed by atoms with Gasteiger partial charge in [0.2, 0.25) is 0 Å². The van der Waals surface area contributed by atoms with Gasteiger partial charge < -0.3 is 11.1 Å². The molecular formula is C7H10N2. The zero-order valence-corrected chi connectivity index (χ0v) is 5.17. The van der Waals surface area contributed by atoms with Crippen LogP contribution in [-0.4, -0.2) is 6.04 Å². The highest BCUT2D eigenvalue weighted by Gasteiger charge is 2.04. The summed E-state index contributed by atoms with van der Waals surface area (Å²) in [6.45, 7) is 3.62. The molecule has 0 unspecified atom stereocenters. The van der Waals surface area contributed by atoms with E-state index in [1.165, 1.54) is 0 Å². The van der Waals surface area contributed by atoms with E-state index >= 15 is 0 Å². The van der Waals surface area contributed by atoms with Crippen molar-refractivity contribution in [2.24, 2.45) is 5.73 Å². The van der Waals surface area contributed by atoms with Gasteiger partial charge in [-0.15, -0.1) is 6.58 Å². The number of nitrogens with one attached hydrogen (secondary N) is 1. The summed E-state index contributed by atoms with van der Waals surface area (Å²) in [6.07, 6.45) is 7.36. The number of dihydropyridines is 1. The van der Waals surface area contributed by atoms with Crippen LogP contribution in [0.5, 0.6) is 0 Å². The summed E-state index contributed by atoms with van der Waals surface area (Å²) in [5.74, 6) is 0. The van der Waals surface area contributed by atoms with E-state index in [9.17, 15) is 0 Å². The first-order valence-corrected chi connectivity index (χ1v) is 2.85. The van der Waals surface area contributed by atoms with E-state index < -0.39 is 0 Å². The lowest BCUT2D eigenvalue weighted by molar-refractivity contribution is 0.774. The minimum atomic E-state index is 0.120. The molecule has 0 aromatic heterocycles. The Hall–Kier alpha value is -1.18. The van der Waals surface area contributed by atoms with Gasteiger partial charge in [-0.05, 0) is 18.4 Å². The number of hydrogen-bond acceptors (Lipinski definition) is 2. The van der Waals surface area contributed by atoms with Gasteiger partial charge >= 0.3 is 0 Å². The maximum atomic E-state index is 5.57. The Morgan fingerprint density at radius 1 is 1.78 bits per heavy atom. The summed E-state index contributed by atoms with van der Waals surface area (Å²) >= 11 is 0. The number of hydrogen-bond donors (Lipinski definition) is 2. The van der Waals surface area contributed by atoms with Crippen molar-refractivity contribution in [3.05, 3.63) is 36.7 Å². The molecule has 0 saturated carbocycles. The fraction of sp³-hybridized carbons (Fsp3) is 0.143. The van der Waals surface area contributed by atoms with Gasteiger partial charge in [-0.25, -0.2) is 0 Å². The second-order valence-corrected chi connectivity index (χ2v) is 1.91. The molecule has 9 heavy (non-hydrogen) atoms. The minimum absolute atomic E-state index is 0.120. The predicted octanol–water partition coefficient (Wildman–Crippen LogP) is 0.501. The highest BCUT2D eigenvalue weighted by molar-refractivity contribution is 5.24. The van der Waals surface area contributed by atoms with E-state index in [0.29, 0.717) is 0 Å². The van der Waals surface area contributed by atoms with E-state index in [1.54, 1.807) is 6.08 Å². The van der Waals surface area contributed by atoms with Crippen molar-refractivity contribution in [2.75, 3.05) is 0 Å². The van der Waals surface area contributed by atoms with Crippen molar-refractivity contribution in [3.8, 4) is 0 Å². The molecule has 1 rings (SSSR count). The van der Waals surface area contributed by atoms with Crippen molar-refractivity contribution >= 4 is 0 Å². The van der Waals surface area contributed by atoms with Gasteiger partial charge in [-0.3, -0.25) is 0 Å². The van der Waals surface area contributed by atoms with Crippen LogP contribution in [0.2, 0.25) is 0 Å². The summed E-state index contributed by atoms with van der Waals surface area (Å²) in [5.41, 5.74) is 6.38. The Morgan fingerprint density at radius 2 is 2.56 bits per heavy atom. The molecule has 0 bridgehead atoms. The Kier molecular flexibility index (Phi) is 1.58. The molecule has 2 nitrogen and oxygen atoms in total. The lowest BCUT2D eigenvalue weighted by Crippen LogP contribution is -2.29. The fourth-order valence-corrected chi connectivity index (χ4v) is 0.722. The Labute approximate surface area is 54.7 Å². The predicted molar refractivity (Wildman–Crippen MR) is 38.5 cm³/mol. The number of rotatable bonds is 1. The molecule has 0 amide bonds. The fourth-order valence-electron chi connectivity index (χ4n) is 0.722. The molecule has 0 spiro atoms. The molecule has 1 aliphatic rings. The van der Waals surface area contributed by atoms with E-state index in [-0.39, 0.29) is 6.04 Å². The molecule has 0 fully saturated rings. The third-order valence-electron chi connectivity index (χ3n) is 1.26. The molecule has 0 aliphatic carbocycles. The van der Waals surface area contributed by atoms with E-state index in [0.717, 1.165) is 5.70 Å². The Balaban J connectivity index is 2.69. The summed E-state index contributed by atoms with van der Waals surface area (Å²) in [5, 5.41) is 3.03. The van der Waals surface area contributed by atoms with Gasteiger partial charge in [-0.2, -0.15) is 0 Å². The SMILES string of the molecule is C=C[C@@H]1NC=CC=C1N. The topological polar surface area (TPSA) is 38.0 Å². The molecule has 0 aromatic rings. The zero-order chi connectivity index (χ0) is 6.69. The van der Waals surface area contributed by atoms with Crippen molar-refractivity contribution in [2.45, 2.75) is 6.04 Å². The van der Waals surface area contributed by atoms with Crippen LogP contribution in [0.3, 0.4) is 0 Å². The normalized spacial score (nSPS) is 24.4. The summed E-state index contributed by atoms with van der Waals surface area (Å²) in [6, 6.07) is 0.120. The Bertz CT molecular complexity index is 168. The van der Waals surface area contributed by atoms with Crippen LogP contribution >= 0.6 is 0 Å². The monoisotopic (exact) mass is 122 g/mol. The van der Waals surface area contributed by atoms with Crippen LogP contribution in [0.1, 0.15) is 0 Å². The first kappa shape index (κ1) is 5.95. The summed E-state index contributed by atoms with van der Waals surface area (Å²) in [7, 11) is 0. The average Bonchev–Trinajstić information content (AvgIpc) is 1.89. The van der Waals surface area contributed by atoms with Gasteiger partial charge in [0.15, 0.2) is 0 Å². The molecule has 2 heteroatoms. The highest BCUT2D eigenvalue weighted by atomic mass is 14.9. The largest absolute Gasteiger partial charge is 0.400 e. The third-order valence-corrected chi connectivity index (χ3v) is 1.26. The molecular weight excluding hydrogens is 112 g/mol. The van der Waals surface area contributed by atoms with Crippen molar-refractivity contribution in [3.63, 3.8) is 0 Å². The van der Waals surface area contributed by atoms with Crippen LogP contribution in [0.15, 0.2) is 36.7 Å². The minimum Gasteiger partial charge on any atom is -0.400 e. The van der Waals surface area contributed by atoms with Crippen molar-refractivity contribution in [1.82, 2.24) is 5.32 Å². The van der Waals surface area contributed by atoms with E-state index in [1.807, 2.05) is 18.4 Å². The second kappa shape index (κ2) is 2.40. The van der Waals surface area contributed by atoms with Gasteiger partial charge in [0.25, 0.3) is 0 Å². The van der Waals surface area contributed by atoms with Gasteiger partial charge in [-0.1, -0.05) is 6.08 Å². The van der Waals surface area contributed by atoms with Crippen LogP contribution < -0.4 is 11.1 Å². The van der Waals surface area contributed by atoms with Crippen LogP contribution in [-0.2, 0) is 0 Å². The van der Waals surface area contributed by atoms with Gasteiger partial charge in [0.1, 0.15) is 0 Å². The van der Waals surface area contributed by atoms with Crippen molar-refractivity contribution in [1.29, 1.82) is 0 Å². The van der Waals surface area contributed by atoms with E-state index in [4.69, 9.17) is 5.73 Å². The summed E-state index contributed by atoms with van der Waals surface area (Å²) < 4.78 is 0. The van der Waals surface area contributed by atoms with Crippen LogP contribution in [0.4, 0.5) is 0 Å². The molecule has 1 atom stereocenters. The maximum Gasteiger partial charge on any atom is 0.0835 e. The number of allylic oxidation sites excluding steroid dienone is 2. The first-order valence-electron chi connectivity index (χ1n) is 2.85. The average molecular weight is 122 g/mol. The molecule has 0 aromatic carbocycles. The molecule has 0 saturated heterocycles. The zero-order valence-electron chi connectivity index (χ0n) is 5.17. The molecule has 48 valence electrons. The molecule has 0 radical (unpaired) electrons. The van der Waals surface area contributed by atoms with Crippen LogP contribution in [0, 0.1) is 0 Å². The van der Waals surface area contributed by atoms with Gasteiger partial charge in [0.05, 0.1) is 6.04 Å². The van der Waals surface area contributed by atoms with Crippen molar-refractivity contribution < 1.29 is 0 Å². The highest BCUT2D eigenvalue weighted by Crippen LogP contribution is 2.00. The molecule has 3 N–H and O–H groups in total. The second-order valence-electron chi connectivity index (χ2n) is 1.91. The molecule has 1 aliphatic heterocycles. The first-order chi connectivity index (χ1) is 4.34. The standard InChI is InChI=1S/C7H10N2/c1-2-7-6(8)4-3-5-9-7/h2-5,7,9H,1,8H2/t7-/m0/s1. The van der Waals surface area contributed by atoms with E-state index in [2.05, 4.69) is 11.9 Å². The Morgan fingerprint density at radius 3 is 3.00 bits per heavy atom. The van der Waals surface area contributed by atoms with Gasteiger partial charge in [0, 0.05) is 5.70 Å². The summed E-state index contributed by atoms with van der Waals surface area (Å²) in [4.78, 5) is 0. The third kappa shape index (κ3) is 1.13. The molecule has 1 heterocycles. The number of nitrogens with two attached hydrogens (primary N) is 1. The quantitative estimate of drug-likeness (QED) is 0.497.